The molecule has 2 aromatic rings. The highest BCUT2D eigenvalue weighted by Gasteiger charge is 2.18. The van der Waals surface area contributed by atoms with Crippen LogP contribution < -0.4 is 10.6 Å². The van der Waals surface area contributed by atoms with Gasteiger partial charge in [0.25, 0.3) is 11.6 Å². The molecule has 0 bridgehead atoms. The van der Waals surface area contributed by atoms with E-state index in [9.17, 15) is 19.7 Å². The number of carbonyl (C=O) groups excluding carboxylic acids is 2. The Morgan fingerprint density at radius 1 is 1.36 bits per heavy atom. The number of carbonyl (C=O) groups is 2. The first-order valence-corrected chi connectivity index (χ1v) is 7.32. The summed E-state index contributed by atoms with van der Waals surface area (Å²) < 4.78 is 1.43. The molecule has 0 radical (unpaired) electrons. The number of rotatable bonds is 6. The Balaban J connectivity index is 2.22. The van der Waals surface area contributed by atoms with E-state index in [2.05, 4.69) is 15.7 Å². The molecule has 2 amide bonds. The number of amides is 2. The molecule has 1 aromatic carbocycles. The fraction of sp³-hybridized carbons (Fsp3) is 0.267. The van der Waals surface area contributed by atoms with Crippen LogP contribution in [0.15, 0.2) is 30.6 Å². The Labute approximate surface area is 143 Å². The Kier molecular flexibility index (Phi) is 5.32. The summed E-state index contributed by atoms with van der Waals surface area (Å²) in [5.41, 5.74) is 0.656. The zero-order valence-electron chi connectivity index (χ0n) is 14.0. The minimum atomic E-state index is -0.575. The lowest BCUT2D eigenvalue weighted by Gasteiger charge is -2.09. The highest BCUT2D eigenvalue weighted by molar-refractivity contribution is 5.95. The first kappa shape index (κ1) is 17.9. The van der Waals surface area contributed by atoms with Crippen LogP contribution in [0, 0.1) is 10.1 Å². The van der Waals surface area contributed by atoms with Gasteiger partial charge in [-0.05, 0) is 12.1 Å². The van der Waals surface area contributed by atoms with Crippen LogP contribution in [-0.4, -0.2) is 52.6 Å². The van der Waals surface area contributed by atoms with Crippen LogP contribution in [-0.2, 0) is 11.3 Å². The largest absolute Gasteiger partial charge is 0.355 e. The number of nitrogens with zero attached hydrogens (tertiary/aromatic N) is 4. The average Bonchev–Trinajstić information content (AvgIpc) is 3.01. The Morgan fingerprint density at radius 2 is 2.08 bits per heavy atom. The van der Waals surface area contributed by atoms with E-state index < -0.39 is 10.8 Å². The third kappa shape index (κ3) is 4.31. The van der Waals surface area contributed by atoms with Crippen molar-refractivity contribution in [2.75, 3.05) is 26.5 Å². The summed E-state index contributed by atoms with van der Waals surface area (Å²) in [6.45, 7) is 0.0619. The summed E-state index contributed by atoms with van der Waals surface area (Å²) >= 11 is 0. The molecule has 1 aromatic heterocycles. The highest BCUT2D eigenvalue weighted by atomic mass is 16.6. The molecule has 10 nitrogen and oxygen atoms in total. The third-order valence-corrected chi connectivity index (χ3v) is 3.39. The van der Waals surface area contributed by atoms with Crippen LogP contribution in [0.5, 0.6) is 0 Å². The molecule has 0 aliphatic rings. The maximum absolute atomic E-state index is 11.7. The standard InChI is InChI=1S/C15H18N6O4/c1-16-15(23)10-4-5-12(13(6-10)21(24)25)18-11-7-17-20(8-11)9-14(22)19(2)3/h4-8,18H,9H2,1-3H3,(H,16,23). The summed E-state index contributed by atoms with van der Waals surface area (Å²) in [6.07, 6.45) is 3.02. The Hall–Kier alpha value is -3.43. The molecule has 0 saturated heterocycles. The quantitative estimate of drug-likeness (QED) is 0.594. The molecule has 0 saturated carbocycles. The van der Waals surface area contributed by atoms with Crippen molar-refractivity contribution < 1.29 is 14.5 Å². The third-order valence-electron chi connectivity index (χ3n) is 3.39. The van der Waals surface area contributed by atoms with Crippen molar-refractivity contribution in [3.8, 4) is 0 Å². The predicted octanol–water partition coefficient (Wildman–Crippen LogP) is 0.983. The zero-order valence-corrected chi connectivity index (χ0v) is 14.0. The van der Waals surface area contributed by atoms with Gasteiger partial charge in [0.15, 0.2) is 0 Å². The highest BCUT2D eigenvalue weighted by Crippen LogP contribution is 2.28. The molecule has 0 unspecified atom stereocenters. The van der Waals surface area contributed by atoms with Gasteiger partial charge >= 0.3 is 0 Å². The van der Waals surface area contributed by atoms with E-state index in [1.807, 2.05) is 0 Å². The van der Waals surface area contributed by atoms with Gasteiger partial charge in [-0.15, -0.1) is 0 Å². The SMILES string of the molecule is CNC(=O)c1ccc(Nc2cnn(CC(=O)N(C)C)c2)c([N+](=O)[O-])c1. The molecule has 1 heterocycles. The second-order valence-corrected chi connectivity index (χ2v) is 5.41. The van der Waals surface area contributed by atoms with E-state index in [4.69, 9.17) is 0 Å². The van der Waals surface area contributed by atoms with Gasteiger partial charge in [-0.25, -0.2) is 0 Å². The van der Waals surface area contributed by atoms with Crippen LogP contribution in [0.3, 0.4) is 0 Å². The van der Waals surface area contributed by atoms with Gasteiger partial charge in [0, 0.05) is 39.0 Å². The number of likely N-dealkylation sites (N-methyl/N-ethyl adjacent to an activating group) is 1. The lowest BCUT2D eigenvalue weighted by Crippen LogP contribution is -2.26. The number of anilines is 2. The van der Waals surface area contributed by atoms with E-state index in [-0.39, 0.29) is 29.4 Å². The van der Waals surface area contributed by atoms with Gasteiger partial charge in [0.05, 0.1) is 16.8 Å². The van der Waals surface area contributed by atoms with Crippen LogP contribution in [0.25, 0.3) is 0 Å². The monoisotopic (exact) mass is 346 g/mol. The van der Waals surface area contributed by atoms with Crippen molar-refractivity contribution in [3.05, 3.63) is 46.3 Å². The molecular formula is C15H18N6O4. The molecule has 2 rings (SSSR count). The molecule has 10 heteroatoms. The average molecular weight is 346 g/mol. The number of nitro benzene ring substituents is 1. The van der Waals surface area contributed by atoms with Gasteiger partial charge in [-0.2, -0.15) is 5.10 Å². The maximum Gasteiger partial charge on any atom is 0.293 e. The van der Waals surface area contributed by atoms with Crippen molar-refractivity contribution in [2.45, 2.75) is 6.54 Å². The molecule has 2 N–H and O–H groups in total. The molecule has 0 spiro atoms. The molecule has 0 aliphatic heterocycles. The van der Waals surface area contributed by atoms with Gasteiger partial charge in [0.1, 0.15) is 12.2 Å². The predicted molar refractivity (Wildman–Crippen MR) is 90.7 cm³/mol. The van der Waals surface area contributed by atoms with Crippen LogP contribution in [0.4, 0.5) is 17.1 Å². The maximum atomic E-state index is 11.7. The van der Waals surface area contributed by atoms with Crippen LogP contribution in [0.2, 0.25) is 0 Å². The summed E-state index contributed by atoms with van der Waals surface area (Å²) in [6, 6.07) is 4.13. The second-order valence-electron chi connectivity index (χ2n) is 5.41. The Bertz CT molecular complexity index is 814. The van der Waals surface area contributed by atoms with E-state index in [0.29, 0.717) is 5.69 Å². The zero-order chi connectivity index (χ0) is 18.6. The normalized spacial score (nSPS) is 10.2. The molecule has 25 heavy (non-hydrogen) atoms. The number of aromatic nitrogens is 2. The van der Waals surface area contributed by atoms with Crippen molar-refractivity contribution in [3.63, 3.8) is 0 Å². The number of nitro groups is 1. The number of hydrogen-bond acceptors (Lipinski definition) is 6. The second kappa shape index (κ2) is 7.43. The lowest BCUT2D eigenvalue weighted by molar-refractivity contribution is -0.383. The van der Waals surface area contributed by atoms with Crippen LogP contribution in [0.1, 0.15) is 10.4 Å². The van der Waals surface area contributed by atoms with Gasteiger partial charge < -0.3 is 15.5 Å². The van der Waals surface area contributed by atoms with Crippen LogP contribution >= 0.6 is 0 Å². The minimum Gasteiger partial charge on any atom is -0.355 e. The van der Waals surface area contributed by atoms with Gasteiger partial charge in [-0.1, -0.05) is 0 Å². The number of hydrogen-bond donors (Lipinski definition) is 2. The molecular weight excluding hydrogens is 328 g/mol. The number of nitrogens with one attached hydrogen (secondary N) is 2. The van der Waals surface area contributed by atoms with Crippen molar-refractivity contribution >= 4 is 28.9 Å². The Morgan fingerprint density at radius 3 is 2.68 bits per heavy atom. The summed E-state index contributed by atoms with van der Waals surface area (Å²) in [5.74, 6) is -0.541. The first-order chi connectivity index (χ1) is 11.8. The fourth-order valence-corrected chi connectivity index (χ4v) is 2.02. The first-order valence-electron chi connectivity index (χ1n) is 7.32. The molecule has 132 valence electrons. The molecule has 0 atom stereocenters. The lowest BCUT2D eigenvalue weighted by atomic mass is 10.1. The summed E-state index contributed by atoms with van der Waals surface area (Å²) in [7, 11) is 4.73. The van der Waals surface area contributed by atoms with Gasteiger partial charge in [0.2, 0.25) is 5.91 Å². The summed E-state index contributed by atoms with van der Waals surface area (Å²) in [5, 5.41) is 20.6. The fourth-order valence-electron chi connectivity index (χ4n) is 2.02. The molecule has 0 aliphatic carbocycles. The van der Waals surface area contributed by atoms with E-state index in [1.54, 1.807) is 20.3 Å². The van der Waals surface area contributed by atoms with E-state index in [1.165, 1.54) is 41.0 Å². The van der Waals surface area contributed by atoms with E-state index >= 15 is 0 Å². The van der Waals surface area contributed by atoms with E-state index in [0.717, 1.165) is 0 Å². The molecule has 0 fully saturated rings. The minimum absolute atomic E-state index is 0.0619. The topological polar surface area (TPSA) is 122 Å². The van der Waals surface area contributed by atoms with Crippen molar-refractivity contribution in [2.24, 2.45) is 0 Å². The number of benzene rings is 1. The van der Waals surface area contributed by atoms with Crippen molar-refractivity contribution in [1.82, 2.24) is 20.0 Å². The van der Waals surface area contributed by atoms with Crippen molar-refractivity contribution in [1.29, 1.82) is 0 Å². The summed E-state index contributed by atoms with van der Waals surface area (Å²) in [4.78, 5) is 35.4. The smallest absolute Gasteiger partial charge is 0.293 e. The van der Waals surface area contributed by atoms with Gasteiger partial charge in [-0.3, -0.25) is 24.4 Å².